The van der Waals surface area contributed by atoms with Crippen molar-refractivity contribution in [1.29, 1.82) is 0 Å². The van der Waals surface area contributed by atoms with Crippen LogP contribution >= 0.6 is 0 Å². The lowest BCUT2D eigenvalue weighted by Crippen LogP contribution is -2.29. The molecule has 0 bridgehead atoms. The average Bonchev–Trinajstić information content (AvgIpc) is 2.91. The van der Waals surface area contributed by atoms with E-state index in [1.165, 1.54) is 6.07 Å². The average molecular weight is 342 g/mol. The molecular weight excluding hydrogens is 320 g/mol. The molecule has 0 fully saturated rings. The summed E-state index contributed by atoms with van der Waals surface area (Å²) in [7, 11) is 0. The van der Waals surface area contributed by atoms with Crippen LogP contribution in [0.1, 0.15) is 41.0 Å². The van der Waals surface area contributed by atoms with Crippen LogP contribution in [0.3, 0.4) is 0 Å². The van der Waals surface area contributed by atoms with E-state index in [4.69, 9.17) is 9.47 Å². The summed E-state index contributed by atoms with van der Waals surface area (Å²) in [6.07, 6.45) is 0.987. The predicted octanol–water partition coefficient (Wildman–Crippen LogP) is 2.34. The summed E-state index contributed by atoms with van der Waals surface area (Å²) in [6.45, 7) is 6.50. The van der Waals surface area contributed by atoms with Gasteiger partial charge in [-0.1, -0.05) is 0 Å². The molecule has 132 valence electrons. The van der Waals surface area contributed by atoms with Gasteiger partial charge in [-0.2, -0.15) is 0 Å². The summed E-state index contributed by atoms with van der Waals surface area (Å²) in [5, 5.41) is 2.78. The van der Waals surface area contributed by atoms with Crippen molar-refractivity contribution < 1.29 is 14.3 Å². The number of aromatic nitrogens is 1. The number of aromatic amines is 1. The van der Waals surface area contributed by atoms with Crippen molar-refractivity contribution in [3.8, 4) is 11.5 Å². The Kier molecular flexibility index (Phi) is 4.79. The lowest BCUT2D eigenvalue weighted by molar-refractivity contribution is 0.0949. The van der Waals surface area contributed by atoms with Crippen molar-refractivity contribution >= 4 is 5.91 Å². The zero-order valence-corrected chi connectivity index (χ0v) is 14.6. The van der Waals surface area contributed by atoms with Crippen molar-refractivity contribution in [1.82, 2.24) is 10.3 Å². The largest absolute Gasteiger partial charge is 0.494 e. The molecule has 6 nitrogen and oxygen atoms in total. The topological polar surface area (TPSA) is 80.4 Å². The van der Waals surface area contributed by atoms with Crippen LogP contribution in [0.25, 0.3) is 0 Å². The van der Waals surface area contributed by atoms with Crippen LogP contribution in [0.2, 0.25) is 0 Å². The zero-order valence-electron chi connectivity index (χ0n) is 14.6. The molecule has 1 aromatic heterocycles. The Hall–Kier alpha value is -2.76. The lowest BCUT2D eigenvalue weighted by atomic mass is 10.1. The van der Waals surface area contributed by atoms with Gasteiger partial charge in [0.1, 0.15) is 23.2 Å². The van der Waals surface area contributed by atoms with Gasteiger partial charge in [-0.05, 0) is 45.0 Å². The Balaban J connectivity index is 1.79. The number of hydrogen-bond acceptors (Lipinski definition) is 4. The third-order valence-corrected chi connectivity index (χ3v) is 4.12. The molecule has 25 heavy (non-hydrogen) atoms. The van der Waals surface area contributed by atoms with Crippen LogP contribution < -0.4 is 20.3 Å². The molecule has 1 aliphatic heterocycles. The fourth-order valence-corrected chi connectivity index (χ4v) is 2.93. The van der Waals surface area contributed by atoms with Crippen molar-refractivity contribution in [2.75, 3.05) is 6.61 Å². The van der Waals surface area contributed by atoms with E-state index in [-0.39, 0.29) is 18.2 Å². The van der Waals surface area contributed by atoms with E-state index in [9.17, 15) is 9.59 Å². The Labute approximate surface area is 146 Å². The molecule has 1 atom stereocenters. The van der Waals surface area contributed by atoms with Crippen molar-refractivity contribution in [2.24, 2.45) is 0 Å². The van der Waals surface area contributed by atoms with Crippen LogP contribution in [0.4, 0.5) is 0 Å². The summed E-state index contributed by atoms with van der Waals surface area (Å²) >= 11 is 0. The molecule has 0 saturated carbocycles. The van der Waals surface area contributed by atoms with Crippen molar-refractivity contribution in [2.45, 2.75) is 39.8 Å². The van der Waals surface area contributed by atoms with E-state index >= 15 is 0 Å². The van der Waals surface area contributed by atoms with Crippen LogP contribution in [0.15, 0.2) is 29.1 Å². The number of nitrogens with one attached hydrogen (secondary N) is 2. The molecule has 1 aliphatic rings. The molecule has 0 spiro atoms. The highest BCUT2D eigenvalue weighted by atomic mass is 16.5. The highest BCUT2D eigenvalue weighted by molar-refractivity contribution is 5.93. The maximum atomic E-state index is 12.3. The second-order valence-corrected chi connectivity index (χ2v) is 6.20. The first kappa shape index (κ1) is 17.1. The first-order valence-corrected chi connectivity index (χ1v) is 8.41. The minimum absolute atomic E-state index is 0.0922. The molecule has 1 unspecified atom stereocenters. The molecule has 0 saturated heterocycles. The molecule has 0 aliphatic carbocycles. The number of aryl methyl sites for hydroxylation is 1. The second kappa shape index (κ2) is 7.01. The first-order chi connectivity index (χ1) is 12.0. The monoisotopic (exact) mass is 342 g/mol. The summed E-state index contributed by atoms with van der Waals surface area (Å²) in [5.41, 5.74) is 2.35. The van der Waals surface area contributed by atoms with Gasteiger partial charge in [0.25, 0.3) is 11.5 Å². The Morgan fingerprint density at radius 2 is 2.20 bits per heavy atom. The fourth-order valence-electron chi connectivity index (χ4n) is 2.93. The van der Waals surface area contributed by atoms with Gasteiger partial charge < -0.3 is 19.8 Å². The number of pyridine rings is 1. The molecule has 1 aromatic carbocycles. The second-order valence-electron chi connectivity index (χ2n) is 6.20. The number of amides is 1. The van der Waals surface area contributed by atoms with Crippen molar-refractivity contribution in [3.05, 3.63) is 57.0 Å². The maximum Gasteiger partial charge on any atom is 0.260 e. The van der Waals surface area contributed by atoms with Crippen LogP contribution in [-0.2, 0) is 13.0 Å². The molecule has 2 aromatic rings. The summed E-state index contributed by atoms with van der Waals surface area (Å²) in [4.78, 5) is 26.8. The number of fused-ring (bicyclic) bond motifs is 1. The quantitative estimate of drug-likeness (QED) is 0.874. The van der Waals surface area contributed by atoms with E-state index in [1.54, 1.807) is 13.0 Å². The predicted molar refractivity (Wildman–Crippen MR) is 94.4 cm³/mol. The molecule has 2 heterocycles. The molecular formula is C19H22N2O4. The van der Waals surface area contributed by atoms with Gasteiger partial charge in [-0.15, -0.1) is 0 Å². The van der Waals surface area contributed by atoms with Gasteiger partial charge in [-0.25, -0.2) is 0 Å². The van der Waals surface area contributed by atoms with E-state index in [0.717, 1.165) is 29.0 Å². The van der Waals surface area contributed by atoms with Crippen LogP contribution in [0, 0.1) is 6.92 Å². The smallest absolute Gasteiger partial charge is 0.260 e. The Morgan fingerprint density at radius 1 is 1.40 bits per heavy atom. The summed E-state index contributed by atoms with van der Waals surface area (Å²) in [6, 6.07) is 7.11. The number of ether oxygens (including phenoxy) is 2. The summed E-state index contributed by atoms with van der Waals surface area (Å²) < 4.78 is 11.5. The van der Waals surface area contributed by atoms with E-state index in [0.29, 0.717) is 12.3 Å². The third-order valence-electron chi connectivity index (χ3n) is 4.12. The normalized spacial score (nSPS) is 15.4. The minimum atomic E-state index is -0.418. The molecule has 3 rings (SSSR count). The fraction of sp³-hybridized carbons (Fsp3) is 0.368. The maximum absolute atomic E-state index is 12.3. The molecule has 0 radical (unpaired) electrons. The van der Waals surface area contributed by atoms with Gasteiger partial charge in [0.2, 0.25) is 0 Å². The first-order valence-electron chi connectivity index (χ1n) is 8.41. The van der Waals surface area contributed by atoms with E-state index in [1.807, 2.05) is 26.0 Å². The van der Waals surface area contributed by atoms with Crippen molar-refractivity contribution in [3.63, 3.8) is 0 Å². The number of hydrogen-bond donors (Lipinski definition) is 2. The van der Waals surface area contributed by atoms with Crippen LogP contribution in [-0.4, -0.2) is 23.6 Å². The number of carbonyl (C=O) groups excluding carboxylic acids is 1. The summed E-state index contributed by atoms with van der Waals surface area (Å²) in [5.74, 6) is 1.14. The lowest BCUT2D eigenvalue weighted by Gasteiger charge is -2.13. The van der Waals surface area contributed by atoms with E-state index < -0.39 is 11.5 Å². The zero-order chi connectivity index (χ0) is 18.0. The van der Waals surface area contributed by atoms with Gasteiger partial charge in [0.05, 0.1) is 6.61 Å². The van der Waals surface area contributed by atoms with E-state index in [2.05, 4.69) is 10.3 Å². The standard InChI is InChI=1S/C19H22N2O4/c1-4-24-16-8-13-7-12(3)25-17(13)9-14(16)10-20-18(22)15-6-5-11(2)21-19(15)23/h5-6,8-9,12H,4,7,10H2,1-3H3,(H,20,22)(H,21,23). The molecule has 2 N–H and O–H groups in total. The van der Waals surface area contributed by atoms with Crippen LogP contribution in [0.5, 0.6) is 11.5 Å². The highest BCUT2D eigenvalue weighted by Crippen LogP contribution is 2.35. The molecule has 1 amide bonds. The minimum Gasteiger partial charge on any atom is -0.494 e. The van der Waals surface area contributed by atoms with Gasteiger partial charge in [0.15, 0.2) is 0 Å². The SMILES string of the molecule is CCOc1cc2c(cc1CNC(=O)c1ccc(C)[nH]c1=O)OC(C)C2. The highest BCUT2D eigenvalue weighted by Gasteiger charge is 2.22. The Morgan fingerprint density at radius 3 is 2.92 bits per heavy atom. The third kappa shape index (κ3) is 3.68. The van der Waals surface area contributed by atoms with Gasteiger partial charge in [0, 0.05) is 29.8 Å². The number of benzene rings is 1. The van der Waals surface area contributed by atoms with Gasteiger partial charge in [-0.3, -0.25) is 9.59 Å². The number of rotatable bonds is 5. The molecule has 6 heteroatoms. The number of H-pyrrole nitrogens is 1. The van der Waals surface area contributed by atoms with Gasteiger partial charge >= 0.3 is 0 Å². The Bertz CT molecular complexity index is 857. The number of carbonyl (C=O) groups is 1.